The second-order valence-corrected chi connectivity index (χ2v) is 8.74. The van der Waals surface area contributed by atoms with Gasteiger partial charge in [0.05, 0.1) is 21.8 Å². The molecular weight excluding hydrogens is 471 g/mol. The van der Waals surface area contributed by atoms with Crippen molar-refractivity contribution in [3.8, 4) is 5.69 Å². The molecule has 0 bridgehead atoms. The highest BCUT2D eigenvalue weighted by atomic mass is 35.5. The molecule has 2 aromatic heterocycles. The number of carbonyl (C=O) groups is 1. The summed E-state index contributed by atoms with van der Waals surface area (Å²) in [5.74, 6) is 0.818. The van der Waals surface area contributed by atoms with Crippen LogP contribution in [0.2, 0.25) is 5.02 Å². The lowest BCUT2D eigenvalue weighted by atomic mass is 10.1. The molecule has 1 saturated heterocycles. The van der Waals surface area contributed by atoms with Crippen molar-refractivity contribution in [3.63, 3.8) is 0 Å². The van der Waals surface area contributed by atoms with E-state index in [1.54, 1.807) is 16.7 Å². The monoisotopic (exact) mass is 494 g/mol. The van der Waals surface area contributed by atoms with E-state index in [1.807, 2.05) is 31.2 Å². The summed E-state index contributed by atoms with van der Waals surface area (Å²) in [4.78, 5) is 26.3. The fourth-order valence-electron chi connectivity index (χ4n) is 4.32. The molecule has 1 aliphatic rings. The number of aryl methyl sites for hydroxylation is 1. The van der Waals surface area contributed by atoms with Gasteiger partial charge in [-0.2, -0.15) is 5.10 Å². The highest BCUT2D eigenvalue weighted by Gasteiger charge is 2.27. The fourth-order valence-corrected chi connectivity index (χ4v) is 4.53. The Morgan fingerprint density at radius 3 is 2.46 bits per heavy atom. The molecule has 8 nitrogen and oxygen atoms in total. The fraction of sp³-hybridized carbons (Fsp3) is 0.280. The number of ether oxygens (including phenoxy) is 1. The number of piperazine rings is 1. The van der Waals surface area contributed by atoms with Gasteiger partial charge in [0.25, 0.3) is 5.91 Å². The van der Waals surface area contributed by atoms with Crippen molar-refractivity contribution in [2.24, 2.45) is 0 Å². The number of carbonyl (C=O) groups excluding carboxylic acids is 1. The molecular formula is C25H24ClFN6O2. The smallest absolute Gasteiger partial charge is 0.253 e. The first kappa shape index (κ1) is 23.2. The van der Waals surface area contributed by atoms with Crippen LogP contribution in [0.3, 0.4) is 0 Å². The molecule has 2 aromatic carbocycles. The third-order valence-electron chi connectivity index (χ3n) is 6.04. The molecule has 5 rings (SSSR count). The Bertz CT molecular complexity index is 1380. The summed E-state index contributed by atoms with van der Waals surface area (Å²) in [5.41, 5.74) is 2.64. The number of aromatic nitrogens is 4. The molecule has 3 heterocycles. The molecule has 1 fully saturated rings. The minimum Gasteiger partial charge on any atom is -0.377 e. The number of hydrogen-bond acceptors (Lipinski definition) is 6. The minimum atomic E-state index is -0.362. The van der Waals surface area contributed by atoms with E-state index in [0.29, 0.717) is 48.2 Å². The molecule has 0 unspecified atom stereocenters. The molecule has 0 N–H and O–H groups in total. The van der Waals surface area contributed by atoms with Crippen LogP contribution in [0, 0.1) is 12.7 Å². The van der Waals surface area contributed by atoms with Gasteiger partial charge < -0.3 is 14.5 Å². The van der Waals surface area contributed by atoms with Gasteiger partial charge in [0.1, 0.15) is 18.2 Å². The molecule has 0 spiro atoms. The maximum Gasteiger partial charge on any atom is 0.253 e. The van der Waals surface area contributed by atoms with Gasteiger partial charge >= 0.3 is 0 Å². The van der Waals surface area contributed by atoms with Gasteiger partial charge in [-0.3, -0.25) is 4.79 Å². The lowest BCUT2D eigenvalue weighted by Gasteiger charge is -2.35. The van der Waals surface area contributed by atoms with Gasteiger partial charge in [0.15, 0.2) is 11.5 Å². The van der Waals surface area contributed by atoms with E-state index in [2.05, 4.69) is 4.90 Å². The summed E-state index contributed by atoms with van der Waals surface area (Å²) in [5, 5.41) is 6.14. The van der Waals surface area contributed by atoms with Crippen molar-refractivity contribution >= 4 is 34.4 Å². The first-order valence-electron chi connectivity index (χ1n) is 11.3. The second kappa shape index (κ2) is 9.59. The summed E-state index contributed by atoms with van der Waals surface area (Å²) in [7, 11) is 1.60. The van der Waals surface area contributed by atoms with Gasteiger partial charge in [-0.25, -0.2) is 19.0 Å². The Morgan fingerprint density at radius 2 is 1.77 bits per heavy atom. The summed E-state index contributed by atoms with van der Waals surface area (Å²) in [6, 6.07) is 13.1. The highest BCUT2D eigenvalue weighted by molar-refractivity contribution is 6.32. The van der Waals surface area contributed by atoms with Crippen molar-refractivity contribution in [3.05, 3.63) is 76.5 Å². The van der Waals surface area contributed by atoms with E-state index in [0.717, 1.165) is 22.6 Å². The van der Waals surface area contributed by atoms with Gasteiger partial charge in [0.2, 0.25) is 0 Å². The van der Waals surface area contributed by atoms with Crippen molar-refractivity contribution in [2.45, 2.75) is 13.5 Å². The van der Waals surface area contributed by atoms with Crippen LogP contribution in [0.4, 0.5) is 10.2 Å². The van der Waals surface area contributed by atoms with E-state index >= 15 is 0 Å². The zero-order chi connectivity index (χ0) is 24.5. The SMILES string of the molecule is COCc1nc(N2CCN(C(=O)c3ccc(F)cc3)CC2)c2c(C)nn(-c3ccccc3Cl)c2n1. The maximum atomic E-state index is 13.2. The average Bonchev–Trinajstić information content (AvgIpc) is 3.20. The molecule has 1 aliphatic heterocycles. The van der Waals surface area contributed by atoms with Crippen LogP contribution >= 0.6 is 11.6 Å². The Hall–Kier alpha value is -3.56. The molecule has 0 aliphatic carbocycles. The number of anilines is 1. The van der Waals surface area contributed by atoms with Crippen LogP contribution < -0.4 is 4.90 Å². The topological polar surface area (TPSA) is 76.4 Å². The third-order valence-corrected chi connectivity index (χ3v) is 6.36. The van der Waals surface area contributed by atoms with Crippen LogP contribution in [-0.2, 0) is 11.3 Å². The normalized spacial score (nSPS) is 14.1. The molecule has 10 heteroatoms. The summed E-state index contributed by atoms with van der Waals surface area (Å²) >= 11 is 6.47. The molecule has 180 valence electrons. The summed E-state index contributed by atoms with van der Waals surface area (Å²) in [6.45, 7) is 4.37. The summed E-state index contributed by atoms with van der Waals surface area (Å²) < 4.78 is 20.3. The second-order valence-electron chi connectivity index (χ2n) is 8.33. The first-order chi connectivity index (χ1) is 17.0. The third kappa shape index (κ3) is 4.44. The standard InChI is InChI=1S/C25H24ClFN6O2/c1-16-22-23(31-11-13-32(14-12-31)25(34)17-7-9-18(27)10-8-17)28-21(15-35-2)29-24(22)33(30-16)20-6-4-3-5-19(20)26/h3-10H,11-15H2,1-2H3. The lowest BCUT2D eigenvalue weighted by Crippen LogP contribution is -2.49. The molecule has 4 aromatic rings. The van der Waals surface area contributed by atoms with Crippen LogP contribution in [0.15, 0.2) is 48.5 Å². The van der Waals surface area contributed by atoms with E-state index in [1.165, 1.54) is 24.3 Å². The van der Waals surface area contributed by atoms with Crippen LogP contribution in [0.5, 0.6) is 0 Å². The number of fused-ring (bicyclic) bond motifs is 1. The predicted octanol–water partition coefficient (Wildman–Crippen LogP) is 4.03. The molecule has 0 saturated carbocycles. The largest absolute Gasteiger partial charge is 0.377 e. The van der Waals surface area contributed by atoms with Crippen LogP contribution in [0.1, 0.15) is 21.9 Å². The first-order valence-corrected chi connectivity index (χ1v) is 11.6. The average molecular weight is 495 g/mol. The Morgan fingerprint density at radius 1 is 1.06 bits per heavy atom. The molecule has 0 radical (unpaired) electrons. The number of halogens is 2. The maximum absolute atomic E-state index is 13.2. The number of benzene rings is 2. The van der Waals surface area contributed by atoms with Gasteiger partial charge in [-0.1, -0.05) is 23.7 Å². The molecule has 35 heavy (non-hydrogen) atoms. The summed E-state index contributed by atoms with van der Waals surface area (Å²) in [6.07, 6.45) is 0. The number of nitrogens with zero attached hydrogens (tertiary/aromatic N) is 6. The van der Waals surface area contributed by atoms with Crippen LogP contribution in [-0.4, -0.2) is 63.8 Å². The Labute approximate surface area is 206 Å². The van der Waals surface area contributed by atoms with Gasteiger partial charge in [-0.05, 0) is 43.3 Å². The van der Waals surface area contributed by atoms with Gasteiger partial charge in [-0.15, -0.1) is 0 Å². The van der Waals surface area contributed by atoms with Crippen molar-refractivity contribution in [2.75, 3.05) is 38.2 Å². The van der Waals surface area contributed by atoms with E-state index in [4.69, 9.17) is 31.4 Å². The zero-order valence-electron chi connectivity index (χ0n) is 19.4. The number of rotatable bonds is 5. The minimum absolute atomic E-state index is 0.111. The Kier molecular flexibility index (Phi) is 6.36. The Balaban J connectivity index is 1.48. The molecule has 1 amide bonds. The number of para-hydroxylation sites is 1. The van der Waals surface area contributed by atoms with E-state index in [9.17, 15) is 9.18 Å². The van der Waals surface area contributed by atoms with E-state index < -0.39 is 0 Å². The van der Waals surface area contributed by atoms with E-state index in [-0.39, 0.29) is 18.3 Å². The quantitative estimate of drug-likeness (QED) is 0.417. The number of methoxy groups -OCH3 is 1. The van der Waals surface area contributed by atoms with Crippen molar-refractivity contribution in [1.29, 1.82) is 0 Å². The van der Waals surface area contributed by atoms with Crippen molar-refractivity contribution < 1.29 is 13.9 Å². The number of hydrogen-bond donors (Lipinski definition) is 0. The predicted molar refractivity (Wildman–Crippen MR) is 132 cm³/mol. The van der Waals surface area contributed by atoms with Crippen molar-refractivity contribution in [1.82, 2.24) is 24.6 Å². The van der Waals surface area contributed by atoms with Gasteiger partial charge in [0, 0.05) is 38.9 Å². The number of amides is 1. The lowest BCUT2D eigenvalue weighted by molar-refractivity contribution is 0.0746. The highest BCUT2D eigenvalue weighted by Crippen LogP contribution is 2.31. The zero-order valence-corrected chi connectivity index (χ0v) is 20.2. The molecule has 0 atom stereocenters. The van der Waals surface area contributed by atoms with Crippen LogP contribution in [0.25, 0.3) is 16.7 Å².